The minimum Gasteiger partial charge on any atom is -0.462 e. The van der Waals surface area contributed by atoms with Gasteiger partial charge < -0.3 is 9.84 Å². The van der Waals surface area contributed by atoms with Gasteiger partial charge in [0.2, 0.25) is 0 Å². The van der Waals surface area contributed by atoms with Gasteiger partial charge in [0.05, 0.1) is 6.61 Å². The van der Waals surface area contributed by atoms with E-state index >= 15 is 0 Å². The van der Waals surface area contributed by atoms with Gasteiger partial charge in [-0.25, -0.2) is 4.79 Å². The molecule has 0 atom stereocenters. The van der Waals surface area contributed by atoms with Crippen molar-refractivity contribution in [2.45, 2.75) is 96.8 Å². The van der Waals surface area contributed by atoms with Crippen molar-refractivity contribution < 1.29 is 14.6 Å². The molecule has 0 bridgehead atoms. The fourth-order valence-corrected chi connectivity index (χ4v) is 2.68. The summed E-state index contributed by atoms with van der Waals surface area (Å²) in [5, 5.41) is 8.70. The molecule has 25 heavy (non-hydrogen) atoms. The standard InChI is InChI=1S/C22H40O3/c1-21(2)22(24)25-20-18-16-14-12-10-8-6-4-3-5-7-9-11-13-15-17-19-23/h3-4,23H,1,5-20H2,2H3/b4-3-. The molecule has 0 aromatic heterocycles. The van der Waals surface area contributed by atoms with Gasteiger partial charge in [-0.15, -0.1) is 0 Å². The molecule has 1 N–H and O–H groups in total. The first-order chi connectivity index (χ1) is 12.2. The highest BCUT2D eigenvalue weighted by molar-refractivity contribution is 5.86. The van der Waals surface area contributed by atoms with Crippen LogP contribution in [0.4, 0.5) is 0 Å². The van der Waals surface area contributed by atoms with Crippen LogP contribution in [0.1, 0.15) is 96.8 Å². The third kappa shape index (κ3) is 19.1. The Kier molecular flexibility index (Phi) is 18.4. The lowest BCUT2D eigenvalue weighted by Gasteiger charge is -2.04. The van der Waals surface area contributed by atoms with Gasteiger partial charge in [-0.1, -0.05) is 70.1 Å². The molecule has 0 saturated carbocycles. The average molecular weight is 353 g/mol. The molecular formula is C22H40O3. The maximum Gasteiger partial charge on any atom is 0.333 e. The zero-order valence-electron chi connectivity index (χ0n) is 16.4. The Morgan fingerprint density at radius 1 is 0.800 bits per heavy atom. The Hall–Kier alpha value is -1.09. The van der Waals surface area contributed by atoms with E-state index in [0.717, 1.165) is 19.3 Å². The smallest absolute Gasteiger partial charge is 0.333 e. The molecule has 0 amide bonds. The normalized spacial score (nSPS) is 11.1. The number of ether oxygens (including phenoxy) is 1. The molecule has 0 fully saturated rings. The Morgan fingerprint density at radius 3 is 1.72 bits per heavy atom. The van der Waals surface area contributed by atoms with Crippen molar-refractivity contribution in [3.05, 3.63) is 24.3 Å². The van der Waals surface area contributed by atoms with Crippen LogP contribution in [0.3, 0.4) is 0 Å². The van der Waals surface area contributed by atoms with Crippen molar-refractivity contribution in [3.63, 3.8) is 0 Å². The quantitative estimate of drug-likeness (QED) is 0.140. The molecule has 0 unspecified atom stereocenters. The number of rotatable bonds is 18. The highest BCUT2D eigenvalue weighted by atomic mass is 16.5. The van der Waals surface area contributed by atoms with Crippen LogP contribution in [0.25, 0.3) is 0 Å². The van der Waals surface area contributed by atoms with E-state index in [1.165, 1.54) is 70.6 Å². The minimum atomic E-state index is -0.270. The first-order valence-corrected chi connectivity index (χ1v) is 10.3. The van der Waals surface area contributed by atoms with Crippen molar-refractivity contribution in [1.82, 2.24) is 0 Å². The van der Waals surface area contributed by atoms with E-state index in [2.05, 4.69) is 18.7 Å². The van der Waals surface area contributed by atoms with E-state index in [4.69, 9.17) is 9.84 Å². The molecule has 3 nitrogen and oxygen atoms in total. The summed E-state index contributed by atoms with van der Waals surface area (Å²) >= 11 is 0. The maximum absolute atomic E-state index is 11.2. The number of hydrogen-bond acceptors (Lipinski definition) is 3. The van der Waals surface area contributed by atoms with Crippen LogP contribution in [0.5, 0.6) is 0 Å². The molecule has 0 aromatic carbocycles. The lowest BCUT2D eigenvalue weighted by molar-refractivity contribution is -0.139. The predicted octanol–water partition coefficient (Wildman–Crippen LogP) is 6.12. The Balaban J connectivity index is 3.15. The van der Waals surface area contributed by atoms with Gasteiger partial charge in [0, 0.05) is 12.2 Å². The van der Waals surface area contributed by atoms with Crippen LogP contribution in [-0.2, 0) is 9.53 Å². The number of esters is 1. The van der Waals surface area contributed by atoms with Gasteiger partial charge in [-0.05, 0) is 45.4 Å². The molecule has 0 spiro atoms. The van der Waals surface area contributed by atoms with Crippen LogP contribution in [-0.4, -0.2) is 24.3 Å². The highest BCUT2D eigenvalue weighted by Gasteiger charge is 2.01. The first-order valence-electron chi connectivity index (χ1n) is 10.3. The van der Waals surface area contributed by atoms with Crippen molar-refractivity contribution >= 4 is 5.97 Å². The van der Waals surface area contributed by atoms with Gasteiger partial charge in [0.1, 0.15) is 0 Å². The van der Waals surface area contributed by atoms with Crippen LogP contribution >= 0.6 is 0 Å². The van der Waals surface area contributed by atoms with E-state index in [-0.39, 0.29) is 5.97 Å². The average Bonchev–Trinajstić information content (AvgIpc) is 2.60. The summed E-state index contributed by atoms with van der Waals surface area (Å²) in [4.78, 5) is 11.2. The van der Waals surface area contributed by atoms with Crippen LogP contribution in [0.15, 0.2) is 24.3 Å². The van der Waals surface area contributed by atoms with Crippen molar-refractivity contribution in [2.75, 3.05) is 13.2 Å². The maximum atomic E-state index is 11.2. The lowest BCUT2D eigenvalue weighted by Crippen LogP contribution is -2.05. The first kappa shape index (κ1) is 23.9. The number of hydrogen-bond donors (Lipinski definition) is 1. The van der Waals surface area contributed by atoms with Crippen LogP contribution < -0.4 is 0 Å². The van der Waals surface area contributed by atoms with Gasteiger partial charge >= 0.3 is 5.97 Å². The predicted molar refractivity (Wildman–Crippen MR) is 107 cm³/mol. The number of aliphatic hydroxyl groups is 1. The Labute approximate surface area is 155 Å². The Bertz CT molecular complexity index is 347. The van der Waals surface area contributed by atoms with Gasteiger partial charge in [0.15, 0.2) is 0 Å². The molecule has 0 aliphatic carbocycles. The van der Waals surface area contributed by atoms with Crippen molar-refractivity contribution in [1.29, 1.82) is 0 Å². The fraction of sp³-hybridized carbons (Fsp3) is 0.773. The molecule has 0 aromatic rings. The topological polar surface area (TPSA) is 46.5 Å². The second-order valence-corrected chi connectivity index (χ2v) is 6.93. The monoisotopic (exact) mass is 352 g/mol. The zero-order chi connectivity index (χ0) is 18.6. The van der Waals surface area contributed by atoms with E-state index in [1.807, 2.05) is 0 Å². The summed E-state index contributed by atoms with van der Waals surface area (Å²) in [5.74, 6) is -0.270. The summed E-state index contributed by atoms with van der Waals surface area (Å²) in [6.07, 6.45) is 21.6. The molecular weight excluding hydrogens is 312 g/mol. The van der Waals surface area contributed by atoms with E-state index in [0.29, 0.717) is 18.8 Å². The summed E-state index contributed by atoms with van der Waals surface area (Å²) in [5.41, 5.74) is 0.478. The number of carbonyl (C=O) groups excluding carboxylic acids is 1. The van der Waals surface area contributed by atoms with E-state index in [1.54, 1.807) is 6.92 Å². The molecule has 0 rings (SSSR count). The molecule has 3 heteroatoms. The molecule has 0 radical (unpaired) electrons. The highest BCUT2D eigenvalue weighted by Crippen LogP contribution is 2.10. The fourth-order valence-electron chi connectivity index (χ4n) is 2.68. The van der Waals surface area contributed by atoms with Crippen molar-refractivity contribution in [3.8, 4) is 0 Å². The number of allylic oxidation sites excluding steroid dienone is 2. The number of carbonyl (C=O) groups is 1. The van der Waals surface area contributed by atoms with Gasteiger partial charge in [-0.2, -0.15) is 0 Å². The Morgan fingerprint density at radius 2 is 1.24 bits per heavy atom. The number of unbranched alkanes of at least 4 members (excludes halogenated alkanes) is 12. The summed E-state index contributed by atoms with van der Waals surface area (Å²) in [6.45, 7) is 6.11. The molecule has 0 heterocycles. The third-order valence-electron chi connectivity index (χ3n) is 4.29. The van der Waals surface area contributed by atoms with Gasteiger partial charge in [0.25, 0.3) is 0 Å². The molecule has 0 aliphatic heterocycles. The molecule has 0 saturated heterocycles. The molecule has 0 aliphatic rings. The lowest BCUT2D eigenvalue weighted by atomic mass is 10.1. The number of aliphatic hydroxyl groups excluding tert-OH is 1. The third-order valence-corrected chi connectivity index (χ3v) is 4.29. The second-order valence-electron chi connectivity index (χ2n) is 6.93. The summed E-state index contributed by atoms with van der Waals surface area (Å²) < 4.78 is 5.07. The summed E-state index contributed by atoms with van der Waals surface area (Å²) in [7, 11) is 0. The second kappa shape index (κ2) is 19.2. The summed E-state index contributed by atoms with van der Waals surface area (Å²) in [6, 6.07) is 0. The van der Waals surface area contributed by atoms with E-state index < -0.39 is 0 Å². The largest absolute Gasteiger partial charge is 0.462 e. The SMILES string of the molecule is C=C(C)C(=O)OCCCCCCCC/C=C\CCCCCCCCO. The van der Waals surface area contributed by atoms with Crippen LogP contribution in [0.2, 0.25) is 0 Å². The van der Waals surface area contributed by atoms with Crippen LogP contribution in [0, 0.1) is 0 Å². The zero-order valence-corrected chi connectivity index (χ0v) is 16.4. The minimum absolute atomic E-state index is 0.270. The van der Waals surface area contributed by atoms with E-state index in [9.17, 15) is 4.79 Å². The molecule has 146 valence electrons. The van der Waals surface area contributed by atoms with Crippen molar-refractivity contribution in [2.24, 2.45) is 0 Å². The van der Waals surface area contributed by atoms with Gasteiger partial charge in [-0.3, -0.25) is 0 Å².